The number of anilines is 2. The summed E-state index contributed by atoms with van der Waals surface area (Å²) in [5.74, 6) is 2.90. The second-order valence-electron chi connectivity index (χ2n) is 10.2. The molecular weight excluding hydrogens is 386 g/mol. The molecule has 0 aliphatic heterocycles. The van der Waals surface area contributed by atoms with Gasteiger partial charge in [0.05, 0.1) is 5.69 Å². The van der Waals surface area contributed by atoms with Gasteiger partial charge >= 0.3 is 0 Å². The number of nitrogens with zero attached hydrogens (tertiary/aromatic N) is 3. The molecule has 2 fully saturated rings. The molecule has 1 heterocycles. The van der Waals surface area contributed by atoms with Gasteiger partial charge in [0.1, 0.15) is 5.82 Å². The third-order valence-electron chi connectivity index (χ3n) is 7.51. The van der Waals surface area contributed by atoms with Crippen LogP contribution in [-0.4, -0.2) is 42.1 Å². The number of carbonyl (C=O) groups excluding carboxylic acids is 1. The van der Waals surface area contributed by atoms with E-state index >= 15 is 0 Å². The molecule has 0 radical (unpaired) electrons. The Kier molecular flexibility index (Phi) is 7.67. The van der Waals surface area contributed by atoms with Crippen LogP contribution in [-0.2, 0) is 17.6 Å². The molecule has 1 amide bonds. The lowest BCUT2D eigenvalue weighted by molar-refractivity contribution is -0.122. The molecule has 31 heavy (non-hydrogen) atoms. The lowest BCUT2D eigenvalue weighted by Crippen LogP contribution is -2.40. The highest BCUT2D eigenvalue weighted by Crippen LogP contribution is 2.30. The molecule has 2 saturated carbocycles. The maximum atomic E-state index is 12.4. The monoisotopic (exact) mass is 427 g/mol. The summed E-state index contributed by atoms with van der Waals surface area (Å²) in [5, 5.41) is 6.91. The van der Waals surface area contributed by atoms with Gasteiger partial charge in [-0.1, -0.05) is 32.1 Å². The maximum absolute atomic E-state index is 12.4. The molecule has 172 valence electrons. The lowest BCUT2D eigenvalue weighted by atomic mass is 9.86. The molecule has 1 aromatic rings. The molecule has 0 atom stereocenters. The molecular formula is C25H41N5O. The zero-order chi connectivity index (χ0) is 21.6. The average Bonchev–Trinajstić information content (AvgIpc) is 2.79. The van der Waals surface area contributed by atoms with Crippen LogP contribution in [0.4, 0.5) is 11.8 Å². The molecule has 0 unspecified atom stereocenters. The van der Waals surface area contributed by atoms with Gasteiger partial charge in [0, 0.05) is 38.2 Å². The Hall–Kier alpha value is -1.85. The second kappa shape index (κ2) is 10.6. The van der Waals surface area contributed by atoms with Crippen molar-refractivity contribution < 1.29 is 4.79 Å². The molecule has 0 aromatic carbocycles. The fourth-order valence-corrected chi connectivity index (χ4v) is 5.68. The highest BCUT2D eigenvalue weighted by atomic mass is 16.1. The maximum Gasteiger partial charge on any atom is 0.225 e. The Balaban J connectivity index is 1.24. The first kappa shape index (κ1) is 22.3. The van der Waals surface area contributed by atoms with Crippen molar-refractivity contribution in [2.45, 2.75) is 108 Å². The van der Waals surface area contributed by atoms with Gasteiger partial charge in [0.2, 0.25) is 11.9 Å². The topological polar surface area (TPSA) is 70.2 Å². The number of fused-ring (bicyclic) bond motifs is 1. The van der Waals surface area contributed by atoms with E-state index in [2.05, 4.69) is 29.6 Å². The van der Waals surface area contributed by atoms with Crippen molar-refractivity contribution in [2.24, 2.45) is 5.92 Å². The van der Waals surface area contributed by atoms with Gasteiger partial charge in [-0.15, -0.1) is 0 Å². The number of nitrogens with one attached hydrogen (secondary N) is 2. The summed E-state index contributed by atoms with van der Waals surface area (Å²) in [6, 6.07) is 0.728. The highest BCUT2D eigenvalue weighted by molar-refractivity contribution is 5.76. The molecule has 3 aliphatic rings. The van der Waals surface area contributed by atoms with Gasteiger partial charge in [-0.05, 0) is 63.7 Å². The Morgan fingerprint density at radius 3 is 2.35 bits per heavy atom. The minimum atomic E-state index is 0.260. The number of carbonyl (C=O) groups is 1. The molecule has 0 bridgehead atoms. The van der Waals surface area contributed by atoms with E-state index in [9.17, 15) is 4.79 Å². The summed E-state index contributed by atoms with van der Waals surface area (Å²) in [7, 11) is 4.15. The van der Waals surface area contributed by atoms with Crippen LogP contribution in [0.25, 0.3) is 0 Å². The first-order valence-corrected chi connectivity index (χ1v) is 12.7. The zero-order valence-corrected chi connectivity index (χ0v) is 19.6. The van der Waals surface area contributed by atoms with Crippen molar-refractivity contribution in [3.63, 3.8) is 0 Å². The standard InChI is InChI=1S/C25H41N5O/c1-30(2)24-21-10-6-7-11-22(21)28-25(29-24)27-20-15-13-19(14-16-20)26-23(31)17-12-18-8-4-3-5-9-18/h18-20H,3-17H2,1-2H3,(H,26,31)(H,27,28,29)/t19-,20+. The molecule has 6 heteroatoms. The van der Waals surface area contributed by atoms with Crippen molar-refractivity contribution in [1.82, 2.24) is 15.3 Å². The summed E-state index contributed by atoms with van der Waals surface area (Å²) in [4.78, 5) is 24.3. The molecule has 0 spiro atoms. The van der Waals surface area contributed by atoms with Crippen molar-refractivity contribution >= 4 is 17.7 Å². The van der Waals surface area contributed by atoms with Crippen LogP contribution in [0, 0.1) is 5.92 Å². The van der Waals surface area contributed by atoms with Gasteiger partial charge in [0.25, 0.3) is 0 Å². The summed E-state index contributed by atoms with van der Waals surface area (Å²) in [6.45, 7) is 0. The largest absolute Gasteiger partial charge is 0.362 e. The first-order chi connectivity index (χ1) is 15.1. The molecule has 3 aliphatic carbocycles. The SMILES string of the molecule is CN(C)c1nc(N[C@H]2CC[C@@H](NC(=O)CCC3CCCCC3)CC2)nc2c1CCCC2. The number of rotatable bonds is 7. The van der Waals surface area contributed by atoms with E-state index in [4.69, 9.17) is 9.97 Å². The van der Waals surface area contributed by atoms with Crippen molar-refractivity contribution in [1.29, 1.82) is 0 Å². The van der Waals surface area contributed by atoms with Gasteiger partial charge in [0.15, 0.2) is 0 Å². The van der Waals surface area contributed by atoms with E-state index in [0.717, 1.165) is 62.6 Å². The van der Waals surface area contributed by atoms with Gasteiger partial charge in [-0.25, -0.2) is 4.98 Å². The van der Waals surface area contributed by atoms with Gasteiger partial charge in [-0.3, -0.25) is 4.79 Å². The highest BCUT2D eigenvalue weighted by Gasteiger charge is 2.25. The number of hydrogen-bond donors (Lipinski definition) is 2. The zero-order valence-electron chi connectivity index (χ0n) is 19.6. The van der Waals surface area contributed by atoms with Crippen LogP contribution in [0.1, 0.15) is 94.7 Å². The summed E-state index contributed by atoms with van der Waals surface area (Å²) < 4.78 is 0. The fraction of sp³-hybridized carbons (Fsp3) is 0.800. The molecule has 2 N–H and O–H groups in total. The van der Waals surface area contributed by atoms with Gasteiger partial charge < -0.3 is 15.5 Å². The first-order valence-electron chi connectivity index (χ1n) is 12.7. The smallest absolute Gasteiger partial charge is 0.225 e. The van der Waals surface area contributed by atoms with E-state index in [1.54, 1.807) is 0 Å². The second-order valence-corrected chi connectivity index (χ2v) is 10.2. The molecule has 0 saturated heterocycles. The predicted molar refractivity (Wildman–Crippen MR) is 127 cm³/mol. The van der Waals surface area contributed by atoms with Crippen LogP contribution in [0.3, 0.4) is 0 Å². The summed E-state index contributed by atoms with van der Waals surface area (Å²) >= 11 is 0. The number of aryl methyl sites for hydroxylation is 1. The number of aromatic nitrogens is 2. The minimum absolute atomic E-state index is 0.260. The van der Waals surface area contributed by atoms with Crippen LogP contribution < -0.4 is 15.5 Å². The Morgan fingerprint density at radius 1 is 0.903 bits per heavy atom. The van der Waals surface area contributed by atoms with Crippen molar-refractivity contribution in [3.05, 3.63) is 11.3 Å². The molecule has 6 nitrogen and oxygen atoms in total. The average molecular weight is 428 g/mol. The van der Waals surface area contributed by atoms with E-state index in [1.165, 1.54) is 56.2 Å². The lowest BCUT2D eigenvalue weighted by Gasteiger charge is -2.30. The van der Waals surface area contributed by atoms with E-state index in [-0.39, 0.29) is 5.91 Å². The normalized spacial score (nSPS) is 24.3. The Morgan fingerprint density at radius 2 is 1.61 bits per heavy atom. The fourth-order valence-electron chi connectivity index (χ4n) is 5.68. The predicted octanol–water partition coefficient (Wildman–Crippen LogP) is 4.62. The third-order valence-corrected chi connectivity index (χ3v) is 7.51. The van der Waals surface area contributed by atoms with Crippen LogP contribution >= 0.6 is 0 Å². The third kappa shape index (κ3) is 6.11. The molecule has 4 rings (SSSR count). The van der Waals surface area contributed by atoms with E-state index in [0.29, 0.717) is 18.5 Å². The summed E-state index contributed by atoms with van der Waals surface area (Å²) in [5.41, 5.74) is 2.56. The molecule has 1 aromatic heterocycles. The minimum Gasteiger partial charge on any atom is -0.362 e. The van der Waals surface area contributed by atoms with Crippen LogP contribution in [0.15, 0.2) is 0 Å². The van der Waals surface area contributed by atoms with E-state index < -0.39 is 0 Å². The van der Waals surface area contributed by atoms with Crippen molar-refractivity contribution in [2.75, 3.05) is 24.3 Å². The Bertz CT molecular complexity index is 736. The number of hydrogen-bond acceptors (Lipinski definition) is 5. The summed E-state index contributed by atoms with van der Waals surface area (Å²) in [6.07, 6.45) is 17.3. The van der Waals surface area contributed by atoms with Gasteiger partial charge in [-0.2, -0.15) is 4.98 Å². The Labute approximate surface area is 188 Å². The quantitative estimate of drug-likeness (QED) is 0.664. The van der Waals surface area contributed by atoms with Crippen LogP contribution in [0.5, 0.6) is 0 Å². The van der Waals surface area contributed by atoms with Crippen molar-refractivity contribution in [3.8, 4) is 0 Å². The number of amides is 1. The van der Waals surface area contributed by atoms with Crippen LogP contribution in [0.2, 0.25) is 0 Å². The van der Waals surface area contributed by atoms with E-state index in [1.807, 2.05) is 0 Å².